The normalized spacial score (nSPS) is 16.1. The van der Waals surface area contributed by atoms with E-state index < -0.39 is 0 Å². The molecule has 0 spiro atoms. The maximum atomic E-state index is 14.0. The molecule has 2 aliphatic heterocycles. The van der Waals surface area contributed by atoms with E-state index in [-0.39, 0.29) is 18.4 Å². The summed E-state index contributed by atoms with van der Waals surface area (Å²) >= 11 is 0. The van der Waals surface area contributed by atoms with Gasteiger partial charge < -0.3 is 20.3 Å². The molecule has 0 saturated heterocycles. The number of nitrogens with two attached hydrogens (primary N) is 1. The van der Waals surface area contributed by atoms with E-state index in [0.717, 1.165) is 51.8 Å². The third-order valence-corrected chi connectivity index (χ3v) is 7.63. The molecule has 1 aliphatic carbocycles. The summed E-state index contributed by atoms with van der Waals surface area (Å²) in [6.07, 6.45) is 5.36. The predicted molar refractivity (Wildman–Crippen MR) is 141 cm³/mol. The molecule has 7 rings (SSSR count). The fourth-order valence-corrected chi connectivity index (χ4v) is 5.43. The van der Waals surface area contributed by atoms with Crippen LogP contribution in [0.5, 0.6) is 0 Å². The summed E-state index contributed by atoms with van der Waals surface area (Å²) in [4.78, 5) is 43.9. The molecule has 190 valence electrons. The van der Waals surface area contributed by atoms with Gasteiger partial charge in [0.1, 0.15) is 11.6 Å². The number of hydrogen-bond donors (Lipinski definition) is 1. The number of benzene rings is 2. The number of amides is 2. The predicted octanol–water partition coefficient (Wildman–Crippen LogP) is 3.95. The number of ether oxygens (including phenoxy) is 1. The first kappa shape index (κ1) is 22.8. The van der Waals surface area contributed by atoms with Gasteiger partial charge in [-0.3, -0.25) is 9.59 Å². The van der Waals surface area contributed by atoms with E-state index >= 15 is 0 Å². The molecule has 9 nitrogen and oxygen atoms in total. The molecule has 0 bridgehead atoms. The van der Waals surface area contributed by atoms with Gasteiger partial charge >= 0.3 is 0 Å². The van der Waals surface area contributed by atoms with Crippen molar-refractivity contribution in [1.29, 1.82) is 0 Å². The zero-order chi connectivity index (χ0) is 26.0. The summed E-state index contributed by atoms with van der Waals surface area (Å²) in [5.41, 5.74) is 12.2. The Hall–Kier alpha value is -4.37. The highest BCUT2D eigenvalue weighted by molar-refractivity contribution is 6.11. The van der Waals surface area contributed by atoms with Crippen molar-refractivity contribution in [2.45, 2.75) is 45.1 Å². The smallest absolute Gasteiger partial charge is 0.261 e. The van der Waals surface area contributed by atoms with Crippen molar-refractivity contribution in [3.63, 3.8) is 0 Å². The van der Waals surface area contributed by atoms with Crippen molar-refractivity contribution in [3.8, 4) is 0 Å². The zero-order valence-electron chi connectivity index (χ0n) is 21.0. The summed E-state index contributed by atoms with van der Waals surface area (Å²) in [6, 6.07) is 11.6. The van der Waals surface area contributed by atoms with Gasteiger partial charge in [0, 0.05) is 42.9 Å². The average Bonchev–Trinajstić information content (AvgIpc) is 3.58. The molecule has 0 radical (unpaired) electrons. The minimum Gasteiger partial charge on any atom is -0.383 e. The monoisotopic (exact) mass is 506 g/mol. The maximum absolute atomic E-state index is 14.0. The minimum absolute atomic E-state index is 0.0998. The number of aromatic nitrogens is 3. The Kier molecular flexibility index (Phi) is 5.16. The summed E-state index contributed by atoms with van der Waals surface area (Å²) in [5, 5.41) is 0.995. The van der Waals surface area contributed by atoms with Crippen LogP contribution in [0.1, 0.15) is 67.6 Å². The number of pyridine rings is 1. The van der Waals surface area contributed by atoms with Crippen LogP contribution in [0.2, 0.25) is 0 Å². The van der Waals surface area contributed by atoms with Crippen molar-refractivity contribution in [1.82, 2.24) is 19.9 Å². The molecule has 1 saturated carbocycles. The standard InChI is InChI=1S/C29H26N6O3/c1-34-13-18-3-2-4-24(25(18)29(34)37)35(28(36)19-10-31-27(32-11-19)17-6-7-17)12-16-5-8-20-21-14-38-15-22(21)26(30)33-23(20)9-16/h2-5,8-11,17H,6-7,12-15H2,1H3,(H2,30,33). The van der Waals surface area contributed by atoms with Crippen LogP contribution in [0.4, 0.5) is 11.5 Å². The van der Waals surface area contributed by atoms with Crippen LogP contribution in [0.15, 0.2) is 48.8 Å². The van der Waals surface area contributed by atoms with Gasteiger partial charge in [-0.2, -0.15) is 0 Å². The van der Waals surface area contributed by atoms with Crippen LogP contribution in [-0.4, -0.2) is 38.7 Å². The first-order valence-electron chi connectivity index (χ1n) is 12.8. The molecule has 4 heterocycles. The summed E-state index contributed by atoms with van der Waals surface area (Å²) < 4.78 is 5.60. The number of hydrogen-bond acceptors (Lipinski definition) is 7. The number of nitrogen functional groups attached to an aromatic ring is 1. The number of anilines is 2. The molecule has 2 aromatic heterocycles. The van der Waals surface area contributed by atoms with Crippen LogP contribution in [-0.2, 0) is 31.0 Å². The Bertz CT molecular complexity index is 1630. The van der Waals surface area contributed by atoms with Crippen LogP contribution in [0.3, 0.4) is 0 Å². The lowest BCUT2D eigenvalue weighted by atomic mass is 10.0. The highest BCUT2D eigenvalue weighted by Gasteiger charge is 2.32. The van der Waals surface area contributed by atoms with Crippen LogP contribution in [0, 0.1) is 0 Å². The van der Waals surface area contributed by atoms with Gasteiger partial charge in [0.05, 0.1) is 42.1 Å². The molecule has 4 aromatic rings. The van der Waals surface area contributed by atoms with E-state index in [1.165, 1.54) is 0 Å². The first-order valence-corrected chi connectivity index (χ1v) is 12.8. The van der Waals surface area contributed by atoms with Gasteiger partial charge in [-0.1, -0.05) is 24.3 Å². The highest BCUT2D eigenvalue weighted by atomic mass is 16.5. The Labute approximate surface area is 219 Å². The molecule has 2 N–H and O–H groups in total. The van der Waals surface area contributed by atoms with Crippen molar-refractivity contribution in [3.05, 3.63) is 88.0 Å². The van der Waals surface area contributed by atoms with E-state index in [4.69, 9.17) is 10.5 Å². The molecular weight excluding hydrogens is 480 g/mol. The third-order valence-electron chi connectivity index (χ3n) is 7.63. The Morgan fingerprint density at radius 2 is 1.92 bits per heavy atom. The molecule has 3 aliphatic rings. The lowest BCUT2D eigenvalue weighted by Crippen LogP contribution is -2.32. The van der Waals surface area contributed by atoms with Crippen molar-refractivity contribution >= 4 is 34.2 Å². The summed E-state index contributed by atoms with van der Waals surface area (Å²) in [5.74, 6) is 1.28. The van der Waals surface area contributed by atoms with Gasteiger partial charge in [-0.05, 0) is 41.7 Å². The Morgan fingerprint density at radius 1 is 1.13 bits per heavy atom. The van der Waals surface area contributed by atoms with Gasteiger partial charge in [0.2, 0.25) is 0 Å². The Balaban J connectivity index is 1.31. The number of rotatable bonds is 5. The van der Waals surface area contributed by atoms with Gasteiger partial charge in [0.25, 0.3) is 11.8 Å². The topological polar surface area (TPSA) is 115 Å². The fraction of sp³-hybridized carbons (Fsp3) is 0.276. The van der Waals surface area contributed by atoms with Crippen molar-refractivity contribution in [2.75, 3.05) is 17.7 Å². The van der Waals surface area contributed by atoms with E-state index in [9.17, 15) is 9.59 Å². The van der Waals surface area contributed by atoms with Crippen LogP contribution >= 0.6 is 0 Å². The van der Waals surface area contributed by atoms with Crippen LogP contribution in [0.25, 0.3) is 10.9 Å². The molecule has 2 amide bonds. The Morgan fingerprint density at radius 3 is 2.71 bits per heavy atom. The fourth-order valence-electron chi connectivity index (χ4n) is 5.43. The van der Waals surface area contributed by atoms with Crippen LogP contribution < -0.4 is 10.6 Å². The highest BCUT2D eigenvalue weighted by Crippen LogP contribution is 2.38. The van der Waals surface area contributed by atoms with Gasteiger partial charge in [-0.15, -0.1) is 0 Å². The molecule has 0 unspecified atom stereocenters. The van der Waals surface area contributed by atoms with E-state index in [1.807, 2.05) is 36.4 Å². The average molecular weight is 507 g/mol. The minimum atomic E-state index is -0.266. The van der Waals surface area contributed by atoms with E-state index in [1.54, 1.807) is 29.2 Å². The van der Waals surface area contributed by atoms with Gasteiger partial charge in [-0.25, -0.2) is 15.0 Å². The lowest BCUT2D eigenvalue weighted by molar-refractivity contribution is 0.0817. The molecular formula is C29H26N6O3. The molecule has 1 fully saturated rings. The molecule has 9 heteroatoms. The van der Waals surface area contributed by atoms with Crippen molar-refractivity contribution < 1.29 is 14.3 Å². The quantitative estimate of drug-likeness (QED) is 0.436. The number of nitrogens with zero attached hydrogens (tertiary/aromatic N) is 5. The van der Waals surface area contributed by atoms with Gasteiger partial charge in [0.15, 0.2) is 0 Å². The lowest BCUT2D eigenvalue weighted by Gasteiger charge is -2.25. The summed E-state index contributed by atoms with van der Waals surface area (Å²) in [7, 11) is 1.77. The summed E-state index contributed by atoms with van der Waals surface area (Å²) in [6.45, 7) is 1.72. The first-order chi connectivity index (χ1) is 18.5. The molecule has 38 heavy (non-hydrogen) atoms. The molecule has 0 atom stereocenters. The second kappa shape index (κ2) is 8.59. The van der Waals surface area contributed by atoms with E-state index in [2.05, 4.69) is 15.0 Å². The largest absolute Gasteiger partial charge is 0.383 e. The SMILES string of the molecule is CN1Cc2cccc(N(Cc3ccc4c5c(c(N)nc4c3)COC5)C(=O)c3cnc(C4CC4)nc3)c2C1=O. The number of carbonyl (C=O) groups excluding carboxylic acids is 2. The van der Waals surface area contributed by atoms with Crippen molar-refractivity contribution in [2.24, 2.45) is 0 Å². The zero-order valence-corrected chi connectivity index (χ0v) is 21.0. The second-order valence-corrected chi connectivity index (χ2v) is 10.3. The van der Waals surface area contributed by atoms with E-state index in [0.29, 0.717) is 48.3 Å². The third kappa shape index (κ3) is 3.69. The molecule has 2 aromatic carbocycles. The number of carbonyl (C=O) groups is 2. The maximum Gasteiger partial charge on any atom is 0.261 e. The second-order valence-electron chi connectivity index (χ2n) is 10.3. The number of fused-ring (bicyclic) bond motifs is 4.